The van der Waals surface area contributed by atoms with Gasteiger partial charge in [-0.05, 0) is 122 Å². The molecule has 0 aliphatic heterocycles. The van der Waals surface area contributed by atoms with Crippen LogP contribution in [0.3, 0.4) is 0 Å². The van der Waals surface area contributed by atoms with Crippen molar-refractivity contribution in [3.8, 4) is 50.2 Å². The molecule has 332 valence electrons. The molecule has 0 N–H and O–H groups in total. The fourth-order valence-corrected chi connectivity index (χ4v) is 12.2. The highest BCUT2D eigenvalue weighted by molar-refractivity contribution is 7.26. The molecule has 0 amide bonds. The van der Waals surface area contributed by atoms with E-state index in [1.165, 1.54) is 91.3 Å². The van der Waals surface area contributed by atoms with Crippen LogP contribution in [-0.2, 0) is 0 Å². The lowest BCUT2D eigenvalue weighted by Gasteiger charge is -2.29. The lowest BCUT2D eigenvalue weighted by atomic mass is 9.94. The summed E-state index contributed by atoms with van der Waals surface area (Å²) < 4.78 is 5.08. The lowest BCUT2D eigenvalue weighted by Crippen LogP contribution is -2.11. The molecule has 0 atom stereocenters. The number of rotatable bonds is 8. The minimum atomic E-state index is 1.07. The van der Waals surface area contributed by atoms with E-state index in [0.717, 1.165) is 39.4 Å². The van der Waals surface area contributed by atoms with Crippen molar-refractivity contribution in [2.45, 2.75) is 0 Å². The standard InChI is InChI=1S/C68H44N2S/c1-2-15-47(16-3-1)62-43-52(51-27-26-45-14-4-5-18-50(45)42-51)34-41-66(62)69(54-35-28-46(29-36-54)53-33-39-60-61-40-32-48-17-6-7-20-57(48)68(61)71-67(60)44-53)55-37-30-49(31-38-55)56-19-8-11-23-63(56)70-64-24-12-9-21-58(64)59-22-10-13-25-65(59)70/h1-44H. The van der Waals surface area contributed by atoms with E-state index in [1.807, 2.05) is 11.3 Å². The molecule has 14 rings (SSSR count). The molecule has 0 aliphatic rings. The molecule has 0 unspecified atom stereocenters. The summed E-state index contributed by atoms with van der Waals surface area (Å²) in [4.78, 5) is 2.43. The Kier molecular flexibility index (Phi) is 9.75. The van der Waals surface area contributed by atoms with Crippen LogP contribution < -0.4 is 4.90 Å². The van der Waals surface area contributed by atoms with E-state index in [4.69, 9.17) is 0 Å². The second-order valence-electron chi connectivity index (χ2n) is 18.5. The summed E-state index contributed by atoms with van der Waals surface area (Å²) in [6, 6.07) is 98.0. The minimum Gasteiger partial charge on any atom is -0.310 e. The Balaban J connectivity index is 0.906. The summed E-state index contributed by atoms with van der Waals surface area (Å²) in [5, 5.41) is 10.2. The summed E-state index contributed by atoms with van der Waals surface area (Å²) >= 11 is 1.89. The first kappa shape index (κ1) is 41.0. The first-order valence-corrected chi connectivity index (χ1v) is 25.1. The van der Waals surface area contributed by atoms with Gasteiger partial charge in [0.2, 0.25) is 0 Å². The highest BCUT2D eigenvalue weighted by atomic mass is 32.1. The quantitative estimate of drug-likeness (QED) is 0.147. The van der Waals surface area contributed by atoms with Crippen molar-refractivity contribution in [2.75, 3.05) is 4.90 Å². The molecule has 14 aromatic rings. The smallest absolute Gasteiger partial charge is 0.0541 e. The summed E-state index contributed by atoms with van der Waals surface area (Å²) in [6.45, 7) is 0. The highest BCUT2D eigenvalue weighted by Gasteiger charge is 2.21. The number of para-hydroxylation sites is 3. The summed E-state index contributed by atoms with van der Waals surface area (Å²) in [7, 11) is 0. The summed E-state index contributed by atoms with van der Waals surface area (Å²) in [6.07, 6.45) is 0. The minimum absolute atomic E-state index is 1.07. The van der Waals surface area contributed by atoms with Crippen LogP contribution in [0.5, 0.6) is 0 Å². The van der Waals surface area contributed by atoms with Gasteiger partial charge in [0.05, 0.1) is 22.4 Å². The fraction of sp³-hybridized carbons (Fsp3) is 0. The van der Waals surface area contributed by atoms with Gasteiger partial charge in [0.1, 0.15) is 0 Å². The second kappa shape index (κ2) is 16.9. The van der Waals surface area contributed by atoms with Crippen LogP contribution in [-0.4, -0.2) is 4.57 Å². The monoisotopic (exact) mass is 920 g/mol. The van der Waals surface area contributed by atoms with Crippen molar-refractivity contribution in [1.82, 2.24) is 4.57 Å². The largest absolute Gasteiger partial charge is 0.310 e. The summed E-state index contributed by atoms with van der Waals surface area (Å²) in [5.41, 5.74) is 16.2. The molecule has 2 nitrogen and oxygen atoms in total. The SMILES string of the molecule is c1ccc(-c2cc(-c3ccc4ccccc4c3)ccc2N(c2ccc(-c3ccc4c(c3)sc3c5ccccc5ccc43)cc2)c2ccc(-c3ccccc3-n3c4ccccc4c4ccccc43)cc2)cc1. The first-order chi connectivity index (χ1) is 35.2. The molecule has 71 heavy (non-hydrogen) atoms. The molecule has 2 aromatic heterocycles. The molecule has 0 aliphatic carbocycles. The zero-order valence-corrected chi connectivity index (χ0v) is 39.5. The predicted molar refractivity (Wildman–Crippen MR) is 305 cm³/mol. The molecule has 0 spiro atoms. The van der Waals surface area contributed by atoms with E-state index >= 15 is 0 Å². The molecular weight excluding hydrogens is 877 g/mol. The molecule has 0 saturated heterocycles. The summed E-state index contributed by atoms with van der Waals surface area (Å²) in [5.74, 6) is 0. The van der Waals surface area contributed by atoms with Crippen molar-refractivity contribution in [3.63, 3.8) is 0 Å². The molecule has 3 heteroatoms. The Morgan fingerprint density at radius 2 is 0.817 bits per heavy atom. The van der Waals surface area contributed by atoms with Gasteiger partial charge in [-0.25, -0.2) is 0 Å². The molecular formula is C68H44N2S. The average molecular weight is 921 g/mol. The number of anilines is 3. The Bertz CT molecular complexity index is 4280. The number of fused-ring (bicyclic) bond motifs is 9. The Morgan fingerprint density at radius 1 is 0.296 bits per heavy atom. The van der Waals surface area contributed by atoms with Gasteiger partial charge in [0, 0.05) is 53.4 Å². The first-order valence-electron chi connectivity index (χ1n) is 24.3. The van der Waals surface area contributed by atoms with E-state index in [2.05, 4.69) is 276 Å². The average Bonchev–Trinajstić information content (AvgIpc) is 3.99. The van der Waals surface area contributed by atoms with E-state index in [1.54, 1.807) is 0 Å². The Morgan fingerprint density at radius 3 is 1.58 bits per heavy atom. The Hall–Kier alpha value is -9.02. The van der Waals surface area contributed by atoms with Gasteiger partial charge >= 0.3 is 0 Å². The zero-order valence-electron chi connectivity index (χ0n) is 38.7. The van der Waals surface area contributed by atoms with E-state index in [9.17, 15) is 0 Å². The van der Waals surface area contributed by atoms with Gasteiger partial charge in [-0.2, -0.15) is 0 Å². The Labute approximate surface area is 416 Å². The van der Waals surface area contributed by atoms with Crippen LogP contribution in [0.25, 0.3) is 114 Å². The van der Waals surface area contributed by atoms with Crippen LogP contribution in [0.2, 0.25) is 0 Å². The van der Waals surface area contributed by atoms with Crippen molar-refractivity contribution in [2.24, 2.45) is 0 Å². The van der Waals surface area contributed by atoms with Gasteiger partial charge in [-0.15, -0.1) is 11.3 Å². The van der Waals surface area contributed by atoms with Crippen molar-refractivity contribution < 1.29 is 0 Å². The van der Waals surface area contributed by atoms with Gasteiger partial charge in [-0.1, -0.05) is 200 Å². The van der Waals surface area contributed by atoms with Crippen molar-refractivity contribution >= 4 is 91.9 Å². The third kappa shape index (κ3) is 7.01. The normalized spacial score (nSPS) is 11.7. The maximum absolute atomic E-state index is 2.43. The van der Waals surface area contributed by atoms with Gasteiger partial charge in [0.15, 0.2) is 0 Å². The molecule has 12 aromatic carbocycles. The fourth-order valence-electron chi connectivity index (χ4n) is 10.9. The van der Waals surface area contributed by atoms with E-state index < -0.39 is 0 Å². The van der Waals surface area contributed by atoms with Crippen LogP contribution in [0.1, 0.15) is 0 Å². The van der Waals surface area contributed by atoms with Gasteiger partial charge < -0.3 is 9.47 Å². The van der Waals surface area contributed by atoms with E-state index in [-0.39, 0.29) is 0 Å². The van der Waals surface area contributed by atoms with Crippen molar-refractivity contribution in [3.05, 3.63) is 267 Å². The van der Waals surface area contributed by atoms with Crippen LogP contribution in [0.15, 0.2) is 267 Å². The maximum Gasteiger partial charge on any atom is 0.0541 e. The highest BCUT2D eigenvalue weighted by Crippen LogP contribution is 2.46. The third-order valence-electron chi connectivity index (χ3n) is 14.4. The number of benzene rings is 12. The lowest BCUT2D eigenvalue weighted by molar-refractivity contribution is 1.18. The predicted octanol–water partition coefficient (Wildman–Crippen LogP) is 19.6. The molecule has 0 bridgehead atoms. The van der Waals surface area contributed by atoms with E-state index in [0.29, 0.717) is 0 Å². The van der Waals surface area contributed by atoms with Gasteiger partial charge in [0.25, 0.3) is 0 Å². The van der Waals surface area contributed by atoms with Crippen LogP contribution in [0.4, 0.5) is 17.1 Å². The van der Waals surface area contributed by atoms with Gasteiger partial charge in [-0.3, -0.25) is 0 Å². The van der Waals surface area contributed by atoms with Crippen molar-refractivity contribution in [1.29, 1.82) is 0 Å². The van der Waals surface area contributed by atoms with Crippen LogP contribution in [0, 0.1) is 0 Å². The topological polar surface area (TPSA) is 8.17 Å². The molecule has 2 heterocycles. The molecule has 0 radical (unpaired) electrons. The third-order valence-corrected chi connectivity index (χ3v) is 15.6. The number of hydrogen-bond donors (Lipinski definition) is 0. The number of aromatic nitrogens is 1. The number of nitrogens with zero attached hydrogens (tertiary/aromatic N) is 2. The molecule has 0 fully saturated rings. The molecule has 0 saturated carbocycles. The maximum atomic E-state index is 2.43. The van der Waals surface area contributed by atoms with Crippen LogP contribution >= 0.6 is 11.3 Å². The zero-order chi connectivity index (χ0) is 46.8. The second-order valence-corrected chi connectivity index (χ2v) is 19.5. The number of hydrogen-bond acceptors (Lipinski definition) is 2. The number of thiophene rings is 1.